The molecule has 0 aliphatic rings. The third kappa shape index (κ3) is 8.53. The summed E-state index contributed by atoms with van der Waals surface area (Å²) in [6, 6.07) is 0. The normalized spacial score (nSPS) is 14.1. The molecule has 0 aromatic heterocycles. The van der Waals surface area contributed by atoms with Gasteiger partial charge in [-0.25, -0.2) is 0 Å². The first-order valence-corrected chi connectivity index (χ1v) is 6.02. The van der Waals surface area contributed by atoms with Crippen LogP contribution in [0.2, 0.25) is 0 Å². The Bertz CT molecular complexity index is 158. The van der Waals surface area contributed by atoms with Gasteiger partial charge < -0.3 is 11.5 Å². The van der Waals surface area contributed by atoms with E-state index < -0.39 is 14.5 Å². The van der Waals surface area contributed by atoms with E-state index in [4.69, 9.17) is 20.5 Å². The second-order valence-corrected chi connectivity index (χ2v) is 3.90. The van der Waals surface area contributed by atoms with Crippen molar-refractivity contribution in [3.05, 3.63) is 0 Å². The number of unbranched alkanes of at least 4 members (excludes halogenated alkanes) is 1. The molecule has 0 rings (SSSR count). The Morgan fingerprint density at radius 2 is 2.14 bits per heavy atom. The third-order valence-electron chi connectivity index (χ3n) is 1.61. The van der Waals surface area contributed by atoms with Gasteiger partial charge in [-0.05, 0) is 25.8 Å². The molecule has 0 saturated heterocycles. The maximum atomic E-state index is 11.1. The molecule has 14 heavy (non-hydrogen) atoms. The van der Waals surface area contributed by atoms with Crippen LogP contribution < -0.4 is 11.5 Å². The third-order valence-corrected chi connectivity index (χ3v) is 2.45. The minimum atomic E-state index is -2.06. The molecular weight excluding hydrogens is 203 g/mol. The van der Waals surface area contributed by atoms with Crippen LogP contribution in [0.1, 0.15) is 32.6 Å². The molecule has 2 atom stereocenters. The van der Waals surface area contributed by atoms with Gasteiger partial charge >= 0.3 is 8.25 Å². The van der Waals surface area contributed by atoms with Crippen LogP contribution in [0.5, 0.6) is 0 Å². The van der Waals surface area contributed by atoms with Crippen molar-refractivity contribution in [2.45, 2.75) is 38.8 Å². The Morgan fingerprint density at radius 3 is 2.71 bits per heavy atom. The lowest BCUT2D eigenvalue weighted by Gasteiger charge is -2.01. The molecule has 0 saturated carbocycles. The molecule has 6 heteroatoms. The van der Waals surface area contributed by atoms with E-state index in [1.54, 1.807) is 0 Å². The van der Waals surface area contributed by atoms with Crippen molar-refractivity contribution >= 4 is 8.25 Å². The lowest BCUT2D eigenvalue weighted by atomic mass is 10.3. The summed E-state index contributed by atoms with van der Waals surface area (Å²) in [5.74, 6) is 0. The molecule has 84 valence electrons. The van der Waals surface area contributed by atoms with E-state index in [0.29, 0.717) is 19.6 Å². The molecule has 2 unspecified atom stereocenters. The van der Waals surface area contributed by atoms with Crippen LogP contribution in [-0.2, 0) is 13.6 Å². The zero-order valence-corrected chi connectivity index (χ0v) is 9.54. The Balaban J connectivity index is 3.40. The van der Waals surface area contributed by atoms with Crippen LogP contribution in [-0.4, -0.2) is 19.4 Å². The lowest BCUT2D eigenvalue weighted by Crippen LogP contribution is -2.22. The summed E-state index contributed by atoms with van der Waals surface area (Å²) >= 11 is 0. The van der Waals surface area contributed by atoms with Gasteiger partial charge in [0.25, 0.3) is 0 Å². The highest BCUT2D eigenvalue weighted by atomic mass is 31.1. The highest BCUT2D eigenvalue weighted by Gasteiger charge is 2.24. The Morgan fingerprint density at radius 1 is 1.43 bits per heavy atom. The molecule has 0 spiro atoms. The van der Waals surface area contributed by atoms with E-state index >= 15 is 0 Å². The predicted molar refractivity (Wildman–Crippen MR) is 55.8 cm³/mol. The van der Waals surface area contributed by atoms with Gasteiger partial charge in [0.2, 0.25) is 0 Å². The quantitative estimate of drug-likeness (QED) is 0.351. The highest BCUT2D eigenvalue weighted by Crippen LogP contribution is 2.26. The molecule has 0 fully saturated rings. The summed E-state index contributed by atoms with van der Waals surface area (Å²) in [6.07, 6.45) is 2.71. The average molecular weight is 223 g/mol. The minimum Gasteiger partial charge on any atom is -0.330 e. The molecule has 0 aromatic carbocycles. The van der Waals surface area contributed by atoms with Crippen LogP contribution in [0.15, 0.2) is 0 Å². The van der Waals surface area contributed by atoms with Gasteiger partial charge in [0.05, 0.1) is 0 Å². The van der Waals surface area contributed by atoms with Crippen LogP contribution in [0.25, 0.3) is 0 Å². The molecule has 0 amide bonds. The largest absolute Gasteiger partial charge is 0.699 e. The highest BCUT2D eigenvalue weighted by molar-refractivity contribution is 7.33. The molecule has 5 nitrogen and oxygen atoms in total. The van der Waals surface area contributed by atoms with E-state index in [1.807, 2.05) is 6.92 Å². The van der Waals surface area contributed by atoms with Crippen LogP contribution in [0.4, 0.5) is 0 Å². The monoisotopic (exact) mass is 223 g/mol. The molecule has 0 heterocycles. The zero-order valence-electron chi connectivity index (χ0n) is 8.65. The predicted octanol–water partition coefficient (Wildman–Crippen LogP) is 1.50. The topological polar surface area (TPSA) is 87.6 Å². The van der Waals surface area contributed by atoms with E-state index in [-0.39, 0.29) is 0 Å². The Labute approximate surface area is 86.1 Å². The SMILES string of the molecule is CCCCO[P+](=O)OC(N)CCCN. The Kier molecular flexibility index (Phi) is 9.45. The fourth-order valence-corrected chi connectivity index (χ4v) is 1.46. The molecule has 0 aliphatic heterocycles. The number of nitrogens with two attached hydrogens (primary N) is 2. The van der Waals surface area contributed by atoms with Crippen molar-refractivity contribution in [3.8, 4) is 0 Å². The Hall–Kier alpha value is -0.0600. The maximum absolute atomic E-state index is 11.1. The molecule has 0 bridgehead atoms. The molecule has 4 N–H and O–H groups in total. The van der Waals surface area contributed by atoms with Gasteiger partial charge in [0, 0.05) is 4.57 Å². The van der Waals surface area contributed by atoms with E-state index in [2.05, 4.69) is 0 Å². The molecule has 0 aromatic rings. The standard InChI is InChI=1S/C8H20N2O3P/c1-2-3-7-12-14(11)13-8(10)5-4-6-9/h8H,2-7,9-10H2,1H3/q+1. The summed E-state index contributed by atoms with van der Waals surface area (Å²) in [7, 11) is -2.06. The molecular formula is C8H20N2O3P+. The van der Waals surface area contributed by atoms with E-state index in [9.17, 15) is 4.57 Å². The first-order chi connectivity index (χ1) is 6.70. The zero-order chi connectivity index (χ0) is 10.8. The van der Waals surface area contributed by atoms with Gasteiger partial charge in [0.15, 0.2) is 6.23 Å². The second-order valence-electron chi connectivity index (χ2n) is 2.99. The fourth-order valence-electron chi connectivity index (χ4n) is 0.796. The second kappa shape index (κ2) is 9.49. The van der Waals surface area contributed by atoms with Crippen molar-refractivity contribution < 1.29 is 13.6 Å². The fraction of sp³-hybridized carbons (Fsp3) is 1.00. The van der Waals surface area contributed by atoms with Gasteiger partial charge in [-0.3, -0.25) is 0 Å². The van der Waals surface area contributed by atoms with Crippen LogP contribution in [0, 0.1) is 0 Å². The van der Waals surface area contributed by atoms with Gasteiger partial charge in [-0.2, -0.15) is 0 Å². The smallest absolute Gasteiger partial charge is 0.330 e. The summed E-state index contributed by atoms with van der Waals surface area (Å²) < 4.78 is 20.9. The van der Waals surface area contributed by atoms with Gasteiger partial charge in [-0.1, -0.05) is 13.3 Å². The van der Waals surface area contributed by atoms with Crippen molar-refractivity contribution in [3.63, 3.8) is 0 Å². The average Bonchev–Trinajstić information content (AvgIpc) is 2.15. The van der Waals surface area contributed by atoms with E-state index in [0.717, 1.165) is 19.3 Å². The maximum Gasteiger partial charge on any atom is 0.699 e. The first-order valence-electron chi connectivity index (χ1n) is 4.93. The molecule has 0 aliphatic carbocycles. The number of hydrogen-bond acceptors (Lipinski definition) is 5. The van der Waals surface area contributed by atoms with Crippen molar-refractivity contribution in [1.29, 1.82) is 0 Å². The van der Waals surface area contributed by atoms with Crippen LogP contribution in [0.3, 0.4) is 0 Å². The van der Waals surface area contributed by atoms with Gasteiger partial charge in [0.1, 0.15) is 6.61 Å². The summed E-state index contributed by atoms with van der Waals surface area (Å²) in [6.45, 7) is 3.05. The number of rotatable bonds is 9. The van der Waals surface area contributed by atoms with Gasteiger partial charge in [-0.15, -0.1) is 9.05 Å². The van der Waals surface area contributed by atoms with E-state index in [1.165, 1.54) is 0 Å². The summed E-state index contributed by atoms with van der Waals surface area (Å²) in [4.78, 5) is 0. The van der Waals surface area contributed by atoms with Crippen molar-refractivity contribution in [2.24, 2.45) is 11.5 Å². The minimum absolute atomic E-state index is 0.454. The van der Waals surface area contributed by atoms with Crippen LogP contribution >= 0.6 is 8.25 Å². The summed E-state index contributed by atoms with van der Waals surface area (Å²) in [5.41, 5.74) is 10.8. The number of hydrogen-bond donors (Lipinski definition) is 2. The molecule has 0 radical (unpaired) electrons. The van der Waals surface area contributed by atoms with Crippen molar-refractivity contribution in [1.82, 2.24) is 0 Å². The van der Waals surface area contributed by atoms with Crippen molar-refractivity contribution in [2.75, 3.05) is 13.2 Å². The first kappa shape index (κ1) is 13.9. The summed E-state index contributed by atoms with van der Waals surface area (Å²) in [5, 5.41) is 0. The lowest BCUT2D eigenvalue weighted by molar-refractivity contribution is 0.158.